The number of carbonyl (C=O) groups is 1. The van der Waals surface area contributed by atoms with Crippen molar-refractivity contribution in [3.8, 4) is 0 Å². The first-order chi connectivity index (χ1) is 10.6. The highest BCUT2D eigenvalue weighted by Gasteiger charge is 2.33. The second kappa shape index (κ2) is 6.16. The summed E-state index contributed by atoms with van der Waals surface area (Å²) in [5.74, 6) is 0.344. The fourth-order valence-electron chi connectivity index (χ4n) is 3.18. The van der Waals surface area contributed by atoms with Gasteiger partial charge < -0.3 is 14.2 Å². The number of rotatable bonds is 2. The van der Waals surface area contributed by atoms with Crippen molar-refractivity contribution in [2.24, 2.45) is 0 Å². The van der Waals surface area contributed by atoms with Gasteiger partial charge in [-0.1, -0.05) is 18.2 Å². The zero-order valence-electron chi connectivity index (χ0n) is 12.7. The molecule has 0 N–H and O–H groups in total. The minimum absolute atomic E-state index is 0.0443. The van der Waals surface area contributed by atoms with Crippen LogP contribution in [-0.4, -0.2) is 36.0 Å². The molecule has 5 heteroatoms. The molecular formula is C17H19BrN2O2. The van der Waals surface area contributed by atoms with E-state index in [1.165, 1.54) is 5.69 Å². The normalized spacial score (nSPS) is 22.0. The second-order valence-corrected chi connectivity index (χ2v) is 6.54. The molecule has 116 valence electrons. The van der Waals surface area contributed by atoms with Gasteiger partial charge in [-0.15, -0.1) is 0 Å². The molecular weight excluding hydrogens is 344 g/mol. The van der Waals surface area contributed by atoms with E-state index in [2.05, 4.69) is 46.8 Å². The van der Waals surface area contributed by atoms with Crippen LogP contribution in [0.4, 0.5) is 5.69 Å². The molecule has 22 heavy (non-hydrogen) atoms. The summed E-state index contributed by atoms with van der Waals surface area (Å²) in [6, 6.07) is 14.3. The van der Waals surface area contributed by atoms with Crippen molar-refractivity contribution in [3.63, 3.8) is 0 Å². The molecule has 0 saturated carbocycles. The number of furan rings is 1. The van der Waals surface area contributed by atoms with Crippen LogP contribution in [0.3, 0.4) is 0 Å². The standard InChI is InChI=1S/C17H19BrN2O2/c1-12-10-19(17(21)15-8-9-16(18)22-15)11-13(2)20(12)14-6-4-3-5-7-14/h3-9,12-13H,10-11H2,1-2H3. The molecule has 2 atom stereocenters. The lowest BCUT2D eigenvalue weighted by molar-refractivity contribution is 0.0667. The summed E-state index contributed by atoms with van der Waals surface area (Å²) in [6.45, 7) is 5.69. The lowest BCUT2D eigenvalue weighted by Crippen LogP contribution is -2.58. The topological polar surface area (TPSA) is 36.7 Å². The van der Waals surface area contributed by atoms with Crippen LogP contribution in [0, 0.1) is 0 Å². The maximum absolute atomic E-state index is 12.5. The van der Waals surface area contributed by atoms with Gasteiger partial charge in [0, 0.05) is 30.9 Å². The summed E-state index contributed by atoms with van der Waals surface area (Å²) in [4.78, 5) is 16.8. The number of hydrogen-bond donors (Lipinski definition) is 0. The van der Waals surface area contributed by atoms with Gasteiger partial charge in [0.15, 0.2) is 10.4 Å². The predicted molar refractivity (Wildman–Crippen MR) is 90.2 cm³/mol. The first-order valence-electron chi connectivity index (χ1n) is 7.44. The minimum Gasteiger partial charge on any atom is -0.444 e. The van der Waals surface area contributed by atoms with Crippen LogP contribution < -0.4 is 4.90 Å². The highest BCUT2D eigenvalue weighted by molar-refractivity contribution is 9.10. The third kappa shape index (κ3) is 2.90. The van der Waals surface area contributed by atoms with Crippen LogP contribution in [0.5, 0.6) is 0 Å². The molecule has 0 radical (unpaired) electrons. The molecule has 1 aromatic heterocycles. The molecule has 1 aliphatic rings. The Labute approximate surface area is 138 Å². The van der Waals surface area contributed by atoms with Gasteiger partial charge in [-0.05, 0) is 54.0 Å². The van der Waals surface area contributed by atoms with Crippen LogP contribution in [0.2, 0.25) is 0 Å². The van der Waals surface area contributed by atoms with Crippen molar-refractivity contribution < 1.29 is 9.21 Å². The molecule has 2 unspecified atom stereocenters. The van der Waals surface area contributed by atoms with Crippen molar-refractivity contribution in [2.45, 2.75) is 25.9 Å². The van der Waals surface area contributed by atoms with Gasteiger partial charge in [0.25, 0.3) is 5.91 Å². The summed E-state index contributed by atoms with van der Waals surface area (Å²) in [7, 11) is 0. The number of para-hydroxylation sites is 1. The van der Waals surface area contributed by atoms with Gasteiger partial charge in [0.1, 0.15) is 0 Å². The molecule has 0 aliphatic carbocycles. The third-order valence-electron chi connectivity index (χ3n) is 4.04. The average Bonchev–Trinajstić information content (AvgIpc) is 2.93. The summed E-state index contributed by atoms with van der Waals surface area (Å²) in [6.07, 6.45) is 0. The van der Waals surface area contributed by atoms with E-state index in [4.69, 9.17) is 4.42 Å². The highest BCUT2D eigenvalue weighted by atomic mass is 79.9. The first kappa shape index (κ1) is 15.2. The van der Waals surface area contributed by atoms with Crippen LogP contribution in [0.1, 0.15) is 24.4 Å². The Hall–Kier alpha value is -1.75. The van der Waals surface area contributed by atoms with E-state index in [0.29, 0.717) is 23.5 Å². The summed E-state index contributed by atoms with van der Waals surface area (Å²) >= 11 is 3.24. The SMILES string of the molecule is CC1CN(C(=O)c2ccc(Br)o2)CC(C)N1c1ccccc1. The van der Waals surface area contributed by atoms with E-state index in [9.17, 15) is 4.79 Å². The van der Waals surface area contributed by atoms with Crippen LogP contribution >= 0.6 is 15.9 Å². The van der Waals surface area contributed by atoms with Crippen LogP contribution in [-0.2, 0) is 0 Å². The van der Waals surface area contributed by atoms with E-state index >= 15 is 0 Å². The van der Waals surface area contributed by atoms with Crippen molar-refractivity contribution in [3.05, 3.63) is 52.9 Å². The molecule has 0 bridgehead atoms. The molecule has 2 heterocycles. The monoisotopic (exact) mass is 362 g/mol. The first-order valence-corrected chi connectivity index (χ1v) is 8.23. The highest BCUT2D eigenvalue weighted by Crippen LogP contribution is 2.25. The Bertz CT molecular complexity index is 644. The molecule has 3 rings (SSSR count). The number of carbonyl (C=O) groups excluding carboxylic acids is 1. The summed E-state index contributed by atoms with van der Waals surface area (Å²) in [5, 5.41) is 0. The largest absolute Gasteiger partial charge is 0.444 e. The molecule has 1 amide bonds. The smallest absolute Gasteiger partial charge is 0.289 e. The number of piperazine rings is 1. The van der Waals surface area contributed by atoms with E-state index < -0.39 is 0 Å². The molecule has 4 nitrogen and oxygen atoms in total. The van der Waals surface area contributed by atoms with Crippen molar-refractivity contribution in [1.29, 1.82) is 0 Å². The number of halogens is 1. The molecule has 1 saturated heterocycles. The molecule has 2 aromatic rings. The average molecular weight is 363 g/mol. The lowest BCUT2D eigenvalue weighted by atomic mass is 10.1. The van der Waals surface area contributed by atoms with Crippen LogP contribution in [0.25, 0.3) is 0 Å². The Balaban J connectivity index is 1.76. The number of amides is 1. The van der Waals surface area contributed by atoms with Gasteiger partial charge in [-0.25, -0.2) is 0 Å². The number of anilines is 1. The van der Waals surface area contributed by atoms with E-state index in [1.54, 1.807) is 12.1 Å². The Kier molecular flexibility index (Phi) is 4.25. The summed E-state index contributed by atoms with van der Waals surface area (Å²) < 4.78 is 5.98. The van der Waals surface area contributed by atoms with Crippen LogP contribution in [0.15, 0.2) is 51.6 Å². The Morgan fingerprint density at radius 3 is 2.27 bits per heavy atom. The fraction of sp³-hybridized carbons (Fsp3) is 0.353. The van der Waals surface area contributed by atoms with E-state index in [0.717, 1.165) is 0 Å². The van der Waals surface area contributed by atoms with Crippen molar-refractivity contribution >= 4 is 27.5 Å². The molecule has 0 spiro atoms. The van der Waals surface area contributed by atoms with Crippen molar-refractivity contribution in [2.75, 3.05) is 18.0 Å². The Morgan fingerprint density at radius 2 is 1.73 bits per heavy atom. The lowest BCUT2D eigenvalue weighted by Gasteiger charge is -2.45. The van der Waals surface area contributed by atoms with Gasteiger partial charge in [-0.3, -0.25) is 4.79 Å². The zero-order chi connectivity index (χ0) is 15.7. The number of benzene rings is 1. The molecule has 1 aromatic carbocycles. The van der Waals surface area contributed by atoms with E-state index in [-0.39, 0.29) is 18.0 Å². The number of nitrogens with zero attached hydrogens (tertiary/aromatic N) is 2. The number of hydrogen-bond acceptors (Lipinski definition) is 3. The van der Waals surface area contributed by atoms with Crippen molar-refractivity contribution in [1.82, 2.24) is 4.90 Å². The Morgan fingerprint density at radius 1 is 1.09 bits per heavy atom. The van der Waals surface area contributed by atoms with Gasteiger partial charge in [0.2, 0.25) is 0 Å². The predicted octanol–water partition coefficient (Wildman–Crippen LogP) is 3.78. The fourth-order valence-corrected chi connectivity index (χ4v) is 3.49. The van der Waals surface area contributed by atoms with Gasteiger partial charge >= 0.3 is 0 Å². The minimum atomic E-state index is -0.0443. The second-order valence-electron chi connectivity index (χ2n) is 5.75. The summed E-state index contributed by atoms with van der Waals surface area (Å²) in [5.41, 5.74) is 1.20. The molecule has 1 fully saturated rings. The zero-order valence-corrected chi connectivity index (χ0v) is 14.3. The quantitative estimate of drug-likeness (QED) is 0.815. The van der Waals surface area contributed by atoms with Gasteiger partial charge in [0.05, 0.1) is 0 Å². The molecule has 1 aliphatic heterocycles. The van der Waals surface area contributed by atoms with E-state index in [1.807, 2.05) is 23.1 Å². The maximum Gasteiger partial charge on any atom is 0.289 e. The maximum atomic E-state index is 12.5. The van der Waals surface area contributed by atoms with Gasteiger partial charge in [-0.2, -0.15) is 0 Å². The third-order valence-corrected chi connectivity index (χ3v) is 4.47.